The molecule has 3 rings (SSSR count). The van der Waals surface area contributed by atoms with E-state index in [4.69, 9.17) is 10.5 Å². The highest BCUT2D eigenvalue weighted by Crippen LogP contribution is 2.39. The maximum absolute atomic E-state index is 12.7. The number of hydrogen-bond donors (Lipinski definition) is 1. The van der Waals surface area contributed by atoms with E-state index >= 15 is 0 Å². The zero-order valence-corrected chi connectivity index (χ0v) is 12.6. The maximum Gasteiger partial charge on any atom is 0.416 e. The highest BCUT2D eigenvalue weighted by molar-refractivity contribution is 5.71. The number of benzene rings is 2. The summed E-state index contributed by atoms with van der Waals surface area (Å²) >= 11 is 0. The minimum atomic E-state index is -4.34. The van der Waals surface area contributed by atoms with Crippen molar-refractivity contribution in [3.05, 3.63) is 53.6 Å². The van der Waals surface area contributed by atoms with Crippen molar-refractivity contribution in [2.45, 2.75) is 18.6 Å². The van der Waals surface area contributed by atoms with Crippen LogP contribution in [-0.2, 0) is 12.6 Å². The number of nitrogens with zero attached hydrogens (tertiary/aromatic N) is 1. The molecule has 0 saturated heterocycles. The van der Waals surface area contributed by atoms with E-state index in [1.54, 1.807) is 7.11 Å². The predicted octanol–water partition coefficient (Wildman–Crippen LogP) is 3.74. The second-order valence-corrected chi connectivity index (χ2v) is 5.58. The monoisotopic (exact) mass is 322 g/mol. The molecule has 2 aromatic rings. The third-order valence-electron chi connectivity index (χ3n) is 4.01. The molecular weight excluding hydrogens is 305 g/mol. The number of alkyl halides is 3. The van der Waals surface area contributed by atoms with Crippen LogP contribution in [0.15, 0.2) is 42.5 Å². The molecule has 0 amide bonds. The van der Waals surface area contributed by atoms with Crippen LogP contribution in [0.4, 0.5) is 24.5 Å². The summed E-state index contributed by atoms with van der Waals surface area (Å²) in [6, 6.07) is 10.7. The van der Waals surface area contributed by atoms with Gasteiger partial charge in [-0.15, -0.1) is 0 Å². The van der Waals surface area contributed by atoms with E-state index in [0.29, 0.717) is 18.7 Å². The molecule has 2 aromatic carbocycles. The Bertz CT molecular complexity index is 698. The molecule has 0 spiro atoms. The van der Waals surface area contributed by atoms with Gasteiger partial charge in [0.05, 0.1) is 12.7 Å². The van der Waals surface area contributed by atoms with Crippen molar-refractivity contribution in [1.29, 1.82) is 0 Å². The van der Waals surface area contributed by atoms with Crippen molar-refractivity contribution >= 4 is 11.4 Å². The van der Waals surface area contributed by atoms with Gasteiger partial charge in [0, 0.05) is 29.5 Å². The minimum Gasteiger partial charge on any atom is -0.496 e. The van der Waals surface area contributed by atoms with Crippen molar-refractivity contribution in [3.63, 3.8) is 0 Å². The zero-order chi connectivity index (χ0) is 16.6. The van der Waals surface area contributed by atoms with Crippen molar-refractivity contribution in [2.75, 3.05) is 18.6 Å². The average molecular weight is 322 g/mol. The first-order valence-corrected chi connectivity index (χ1v) is 7.26. The van der Waals surface area contributed by atoms with Gasteiger partial charge in [0.15, 0.2) is 0 Å². The SMILES string of the molecule is COc1cccc2c1CC(N)CN2c1ccc(C(F)(F)F)cc1. The topological polar surface area (TPSA) is 38.5 Å². The van der Waals surface area contributed by atoms with E-state index < -0.39 is 11.7 Å². The molecule has 0 bridgehead atoms. The summed E-state index contributed by atoms with van der Waals surface area (Å²) in [7, 11) is 1.60. The fraction of sp³-hybridized carbons (Fsp3) is 0.294. The zero-order valence-electron chi connectivity index (χ0n) is 12.6. The van der Waals surface area contributed by atoms with Crippen molar-refractivity contribution in [2.24, 2.45) is 5.73 Å². The molecule has 1 aliphatic heterocycles. The number of ether oxygens (including phenoxy) is 1. The van der Waals surface area contributed by atoms with E-state index in [9.17, 15) is 13.2 Å². The number of fused-ring (bicyclic) bond motifs is 1. The van der Waals surface area contributed by atoms with Crippen LogP contribution in [0.25, 0.3) is 0 Å². The highest BCUT2D eigenvalue weighted by atomic mass is 19.4. The number of halogens is 3. The van der Waals surface area contributed by atoms with Gasteiger partial charge >= 0.3 is 6.18 Å². The van der Waals surface area contributed by atoms with Gasteiger partial charge in [0.1, 0.15) is 5.75 Å². The molecular formula is C17H17F3N2O. The Morgan fingerprint density at radius 3 is 2.43 bits per heavy atom. The molecule has 0 aliphatic carbocycles. The Morgan fingerprint density at radius 2 is 1.83 bits per heavy atom. The molecule has 0 fully saturated rings. The van der Waals surface area contributed by atoms with Crippen molar-refractivity contribution in [3.8, 4) is 5.75 Å². The van der Waals surface area contributed by atoms with Crippen LogP contribution >= 0.6 is 0 Å². The van der Waals surface area contributed by atoms with Crippen LogP contribution in [0.1, 0.15) is 11.1 Å². The maximum atomic E-state index is 12.7. The van der Waals surface area contributed by atoms with E-state index in [1.165, 1.54) is 12.1 Å². The molecule has 0 radical (unpaired) electrons. The Morgan fingerprint density at radius 1 is 1.13 bits per heavy atom. The van der Waals surface area contributed by atoms with Crippen LogP contribution in [0.2, 0.25) is 0 Å². The van der Waals surface area contributed by atoms with Gasteiger partial charge in [0.2, 0.25) is 0 Å². The lowest BCUT2D eigenvalue weighted by atomic mass is 9.96. The minimum absolute atomic E-state index is 0.110. The molecule has 0 saturated carbocycles. The van der Waals surface area contributed by atoms with Gasteiger partial charge in [-0.05, 0) is 42.8 Å². The Balaban J connectivity index is 2.01. The molecule has 2 N–H and O–H groups in total. The lowest BCUT2D eigenvalue weighted by molar-refractivity contribution is -0.137. The Labute approximate surface area is 132 Å². The van der Waals surface area contributed by atoms with E-state index in [1.807, 2.05) is 23.1 Å². The molecule has 1 unspecified atom stereocenters. The molecule has 1 heterocycles. The van der Waals surface area contributed by atoms with Crippen LogP contribution in [0.5, 0.6) is 5.75 Å². The number of anilines is 2. The fourth-order valence-electron chi connectivity index (χ4n) is 2.94. The number of methoxy groups -OCH3 is 1. The van der Waals surface area contributed by atoms with Crippen molar-refractivity contribution < 1.29 is 17.9 Å². The lowest BCUT2D eigenvalue weighted by Gasteiger charge is -2.35. The molecule has 6 heteroatoms. The normalized spacial score (nSPS) is 17.8. The van der Waals surface area contributed by atoms with Crippen LogP contribution in [0.3, 0.4) is 0 Å². The summed E-state index contributed by atoms with van der Waals surface area (Å²) in [5, 5.41) is 0. The van der Waals surface area contributed by atoms with E-state index in [2.05, 4.69) is 0 Å². The quantitative estimate of drug-likeness (QED) is 0.915. The summed E-state index contributed by atoms with van der Waals surface area (Å²) in [5.74, 6) is 0.745. The largest absolute Gasteiger partial charge is 0.496 e. The molecule has 0 aromatic heterocycles. The summed E-state index contributed by atoms with van der Waals surface area (Å²) in [6.45, 7) is 0.547. The molecule has 122 valence electrons. The summed E-state index contributed by atoms with van der Waals surface area (Å²) in [4.78, 5) is 1.94. The summed E-state index contributed by atoms with van der Waals surface area (Å²) < 4.78 is 43.5. The van der Waals surface area contributed by atoms with Gasteiger partial charge in [-0.2, -0.15) is 13.2 Å². The smallest absolute Gasteiger partial charge is 0.416 e. The number of hydrogen-bond acceptors (Lipinski definition) is 3. The van der Waals surface area contributed by atoms with Crippen LogP contribution in [-0.4, -0.2) is 19.7 Å². The number of rotatable bonds is 2. The van der Waals surface area contributed by atoms with Crippen molar-refractivity contribution in [1.82, 2.24) is 0 Å². The Kier molecular flexibility index (Phi) is 3.93. The van der Waals surface area contributed by atoms with E-state index in [0.717, 1.165) is 29.1 Å². The van der Waals surface area contributed by atoms with Gasteiger partial charge in [-0.1, -0.05) is 6.07 Å². The van der Waals surface area contributed by atoms with Gasteiger partial charge in [-0.25, -0.2) is 0 Å². The second kappa shape index (κ2) is 5.77. The Hall–Kier alpha value is -2.21. The molecule has 1 atom stereocenters. The van der Waals surface area contributed by atoms with Crippen LogP contribution in [0, 0.1) is 0 Å². The lowest BCUT2D eigenvalue weighted by Crippen LogP contribution is -2.41. The van der Waals surface area contributed by atoms with Gasteiger partial charge in [0.25, 0.3) is 0 Å². The van der Waals surface area contributed by atoms with Crippen LogP contribution < -0.4 is 15.4 Å². The van der Waals surface area contributed by atoms with Gasteiger partial charge < -0.3 is 15.4 Å². The average Bonchev–Trinajstić information content (AvgIpc) is 2.53. The first-order valence-electron chi connectivity index (χ1n) is 7.26. The molecule has 1 aliphatic rings. The van der Waals surface area contributed by atoms with Gasteiger partial charge in [-0.3, -0.25) is 0 Å². The summed E-state index contributed by atoms with van der Waals surface area (Å²) in [5.41, 5.74) is 8.05. The highest BCUT2D eigenvalue weighted by Gasteiger charge is 2.31. The predicted molar refractivity (Wildman–Crippen MR) is 83.1 cm³/mol. The molecule has 3 nitrogen and oxygen atoms in total. The number of nitrogens with two attached hydrogens (primary N) is 1. The first-order chi connectivity index (χ1) is 10.9. The van der Waals surface area contributed by atoms with E-state index in [-0.39, 0.29) is 6.04 Å². The molecule has 23 heavy (non-hydrogen) atoms. The summed E-state index contributed by atoms with van der Waals surface area (Å²) in [6.07, 6.45) is -3.66. The third kappa shape index (κ3) is 2.99. The first kappa shape index (κ1) is 15.7. The third-order valence-corrected chi connectivity index (χ3v) is 4.01. The second-order valence-electron chi connectivity index (χ2n) is 5.58. The standard InChI is InChI=1S/C17H17F3N2O/c1-23-16-4-2-3-15-14(16)9-12(21)10-22(15)13-7-5-11(6-8-13)17(18,19)20/h2-8,12H,9-10,21H2,1H3. The fourth-order valence-corrected chi connectivity index (χ4v) is 2.94.